The zero-order valence-corrected chi connectivity index (χ0v) is 15.9. The molecule has 8 nitrogen and oxygen atoms in total. The van der Waals surface area contributed by atoms with Gasteiger partial charge < -0.3 is 14.5 Å². The number of anilines is 2. The molecule has 3 rings (SSSR count). The number of hydrogen-bond acceptors (Lipinski definition) is 7. The lowest BCUT2D eigenvalue weighted by atomic mass is 10.2. The minimum atomic E-state index is -0.324. The van der Waals surface area contributed by atoms with E-state index in [1.165, 1.54) is 30.8 Å². The molecular weight excluding hydrogens is 380 g/mol. The van der Waals surface area contributed by atoms with Gasteiger partial charge in [-0.1, -0.05) is 0 Å². The Labute approximate surface area is 164 Å². The van der Waals surface area contributed by atoms with Gasteiger partial charge in [0.05, 0.1) is 48.4 Å². The molecule has 9 heteroatoms. The van der Waals surface area contributed by atoms with E-state index in [2.05, 4.69) is 15.6 Å². The van der Waals surface area contributed by atoms with Crippen molar-refractivity contribution in [2.24, 2.45) is 0 Å². The van der Waals surface area contributed by atoms with Crippen LogP contribution in [0.4, 0.5) is 10.8 Å². The SMILES string of the molecule is COc1ccc(C#N)cc1NC(=O)Cc1csc(NC(=O)c2ccoc2C)n1. The average molecular weight is 396 g/mol. The van der Waals surface area contributed by atoms with Gasteiger partial charge in [-0.05, 0) is 31.2 Å². The number of benzene rings is 1. The molecule has 0 unspecified atom stereocenters. The summed E-state index contributed by atoms with van der Waals surface area (Å²) in [6.45, 7) is 1.70. The molecule has 2 N–H and O–H groups in total. The van der Waals surface area contributed by atoms with Gasteiger partial charge in [-0.15, -0.1) is 11.3 Å². The van der Waals surface area contributed by atoms with Crippen LogP contribution in [0.15, 0.2) is 40.3 Å². The second-order valence-electron chi connectivity index (χ2n) is 5.74. The average Bonchev–Trinajstić information content (AvgIpc) is 3.30. The maximum absolute atomic E-state index is 12.3. The van der Waals surface area contributed by atoms with Crippen molar-refractivity contribution < 1.29 is 18.7 Å². The van der Waals surface area contributed by atoms with Crippen LogP contribution >= 0.6 is 11.3 Å². The summed E-state index contributed by atoms with van der Waals surface area (Å²) in [5, 5.41) is 16.5. The van der Waals surface area contributed by atoms with Crippen LogP contribution in [0.1, 0.15) is 27.4 Å². The van der Waals surface area contributed by atoms with Gasteiger partial charge in [0.25, 0.3) is 5.91 Å². The lowest BCUT2D eigenvalue weighted by Gasteiger charge is -2.09. The second kappa shape index (κ2) is 8.37. The van der Waals surface area contributed by atoms with Crippen molar-refractivity contribution in [2.45, 2.75) is 13.3 Å². The number of nitrogens with zero attached hydrogens (tertiary/aromatic N) is 2. The van der Waals surface area contributed by atoms with Crippen LogP contribution in [0.5, 0.6) is 5.75 Å². The summed E-state index contributed by atoms with van der Waals surface area (Å²) < 4.78 is 10.3. The van der Waals surface area contributed by atoms with Crippen molar-refractivity contribution in [3.63, 3.8) is 0 Å². The lowest BCUT2D eigenvalue weighted by molar-refractivity contribution is -0.115. The lowest BCUT2D eigenvalue weighted by Crippen LogP contribution is -2.16. The number of carbonyl (C=O) groups excluding carboxylic acids is 2. The summed E-state index contributed by atoms with van der Waals surface area (Å²) in [6.07, 6.45) is 1.45. The first-order valence-electron chi connectivity index (χ1n) is 8.18. The number of carbonyl (C=O) groups is 2. The molecule has 0 fully saturated rings. The topological polar surface area (TPSA) is 117 Å². The molecule has 142 valence electrons. The van der Waals surface area contributed by atoms with E-state index in [0.717, 1.165) is 0 Å². The van der Waals surface area contributed by atoms with E-state index in [9.17, 15) is 9.59 Å². The molecule has 0 aliphatic carbocycles. The van der Waals surface area contributed by atoms with Crippen LogP contribution in [0.25, 0.3) is 0 Å². The molecule has 0 saturated carbocycles. The van der Waals surface area contributed by atoms with E-state index >= 15 is 0 Å². The minimum absolute atomic E-state index is 0.0110. The number of furan rings is 1. The van der Waals surface area contributed by atoms with Crippen LogP contribution in [-0.4, -0.2) is 23.9 Å². The van der Waals surface area contributed by atoms with Crippen molar-refractivity contribution in [3.8, 4) is 11.8 Å². The van der Waals surface area contributed by atoms with Crippen molar-refractivity contribution in [2.75, 3.05) is 17.7 Å². The van der Waals surface area contributed by atoms with Gasteiger partial charge in [0.2, 0.25) is 5.91 Å². The van der Waals surface area contributed by atoms with Gasteiger partial charge in [-0.3, -0.25) is 14.9 Å². The first-order chi connectivity index (χ1) is 13.5. The normalized spacial score (nSPS) is 10.2. The third kappa shape index (κ3) is 4.36. The number of rotatable bonds is 6. The minimum Gasteiger partial charge on any atom is -0.495 e. The third-order valence-corrected chi connectivity index (χ3v) is 4.63. The Bertz CT molecular complexity index is 1060. The number of thiazole rings is 1. The van der Waals surface area contributed by atoms with Crippen molar-refractivity contribution >= 4 is 34.0 Å². The largest absolute Gasteiger partial charge is 0.495 e. The molecule has 0 aliphatic heterocycles. The Morgan fingerprint density at radius 3 is 2.82 bits per heavy atom. The fraction of sp³-hybridized carbons (Fsp3) is 0.158. The number of nitriles is 1. The van der Waals surface area contributed by atoms with Crippen LogP contribution in [-0.2, 0) is 11.2 Å². The van der Waals surface area contributed by atoms with Crippen molar-refractivity contribution in [1.82, 2.24) is 4.98 Å². The Balaban J connectivity index is 1.64. The Morgan fingerprint density at radius 2 is 2.14 bits per heavy atom. The molecule has 0 atom stereocenters. The standard InChI is InChI=1S/C19H16N4O4S/c1-11-14(5-6-27-11)18(25)23-19-21-13(10-28-19)8-17(24)22-15-7-12(9-20)3-4-16(15)26-2/h3-7,10H,8H2,1-2H3,(H,22,24)(H,21,23,25). The summed E-state index contributed by atoms with van der Waals surface area (Å²) in [5.41, 5.74) is 1.76. The van der Waals surface area contributed by atoms with Gasteiger partial charge in [0.15, 0.2) is 5.13 Å². The van der Waals surface area contributed by atoms with Gasteiger partial charge in [0, 0.05) is 5.38 Å². The van der Waals surface area contributed by atoms with E-state index in [4.69, 9.17) is 14.4 Å². The van der Waals surface area contributed by atoms with Crippen LogP contribution in [0.3, 0.4) is 0 Å². The fourth-order valence-corrected chi connectivity index (χ4v) is 3.17. The highest BCUT2D eigenvalue weighted by molar-refractivity contribution is 7.14. The number of hydrogen-bond donors (Lipinski definition) is 2. The maximum atomic E-state index is 12.3. The zero-order valence-electron chi connectivity index (χ0n) is 15.1. The molecule has 2 heterocycles. The summed E-state index contributed by atoms with van der Waals surface area (Å²) in [6, 6.07) is 8.35. The van der Waals surface area contributed by atoms with E-state index in [-0.39, 0.29) is 18.2 Å². The Hall–Kier alpha value is -3.64. The molecule has 0 aliphatic rings. The Morgan fingerprint density at radius 1 is 1.32 bits per heavy atom. The first-order valence-corrected chi connectivity index (χ1v) is 9.06. The van der Waals surface area contributed by atoms with Crippen molar-refractivity contribution in [3.05, 3.63) is 58.5 Å². The molecule has 0 spiro atoms. The molecule has 0 saturated heterocycles. The predicted molar refractivity (Wildman–Crippen MR) is 104 cm³/mol. The summed E-state index contributed by atoms with van der Waals surface area (Å²) in [4.78, 5) is 28.8. The third-order valence-electron chi connectivity index (χ3n) is 3.82. The Kier molecular flexibility index (Phi) is 5.72. The summed E-state index contributed by atoms with van der Waals surface area (Å²) in [7, 11) is 1.48. The zero-order chi connectivity index (χ0) is 20.1. The van der Waals surface area contributed by atoms with E-state index in [0.29, 0.717) is 39.1 Å². The number of methoxy groups -OCH3 is 1. The van der Waals surface area contributed by atoms with Crippen LogP contribution in [0.2, 0.25) is 0 Å². The molecule has 0 bridgehead atoms. The van der Waals surface area contributed by atoms with E-state index < -0.39 is 0 Å². The molecule has 28 heavy (non-hydrogen) atoms. The summed E-state index contributed by atoms with van der Waals surface area (Å²) in [5.74, 6) is 0.327. The number of aryl methyl sites for hydroxylation is 1. The predicted octanol–water partition coefficient (Wildman–Crippen LogP) is 3.36. The molecule has 0 radical (unpaired) electrons. The van der Waals surface area contributed by atoms with Crippen LogP contribution in [0, 0.1) is 18.3 Å². The molecule has 2 amide bonds. The highest BCUT2D eigenvalue weighted by Crippen LogP contribution is 2.25. The van der Waals surface area contributed by atoms with Crippen molar-refractivity contribution in [1.29, 1.82) is 5.26 Å². The number of ether oxygens (including phenoxy) is 1. The smallest absolute Gasteiger partial charge is 0.260 e. The number of amides is 2. The molecule has 1 aromatic carbocycles. The van der Waals surface area contributed by atoms with Crippen LogP contribution < -0.4 is 15.4 Å². The summed E-state index contributed by atoms with van der Waals surface area (Å²) >= 11 is 1.22. The van der Waals surface area contributed by atoms with Gasteiger partial charge in [0.1, 0.15) is 11.5 Å². The quantitative estimate of drug-likeness (QED) is 0.660. The highest BCUT2D eigenvalue weighted by Gasteiger charge is 2.15. The number of aromatic nitrogens is 1. The van der Waals surface area contributed by atoms with E-state index in [1.807, 2.05) is 6.07 Å². The second-order valence-corrected chi connectivity index (χ2v) is 6.60. The molecule has 2 aromatic heterocycles. The van der Waals surface area contributed by atoms with Gasteiger partial charge in [-0.25, -0.2) is 4.98 Å². The van der Waals surface area contributed by atoms with E-state index in [1.54, 1.807) is 30.5 Å². The first kappa shape index (κ1) is 19.1. The molecular formula is C19H16N4O4S. The van der Waals surface area contributed by atoms with Gasteiger partial charge >= 0.3 is 0 Å². The maximum Gasteiger partial charge on any atom is 0.260 e. The monoisotopic (exact) mass is 396 g/mol. The fourth-order valence-electron chi connectivity index (χ4n) is 2.46. The number of nitrogens with one attached hydrogen (secondary N) is 2. The van der Waals surface area contributed by atoms with Gasteiger partial charge in [-0.2, -0.15) is 5.26 Å². The highest BCUT2D eigenvalue weighted by atomic mass is 32.1. The molecule has 3 aromatic rings.